The van der Waals surface area contributed by atoms with Crippen LogP contribution in [0.5, 0.6) is 11.5 Å². The minimum atomic E-state index is -0.446. The molecule has 0 radical (unpaired) electrons. The maximum Gasteiger partial charge on any atom is 0.119 e. The molecule has 0 saturated heterocycles. The molecule has 4 aliphatic rings. The molecule has 2 saturated carbocycles. The van der Waals surface area contributed by atoms with Crippen LogP contribution in [0.25, 0.3) is 21.5 Å². The van der Waals surface area contributed by atoms with Gasteiger partial charge in [-0.3, -0.25) is 0 Å². The van der Waals surface area contributed by atoms with E-state index in [1.165, 1.54) is 164 Å². The first-order valence-corrected chi connectivity index (χ1v) is 29.6. The van der Waals surface area contributed by atoms with Gasteiger partial charge in [-0.15, -0.1) is 0 Å². The van der Waals surface area contributed by atoms with Crippen molar-refractivity contribution in [2.75, 3.05) is 38.1 Å². The van der Waals surface area contributed by atoms with E-state index in [0.717, 1.165) is 35.5 Å². The molecule has 0 aromatic heterocycles. The molecule has 2 atom stereocenters. The zero-order valence-corrected chi connectivity index (χ0v) is 49.6. The summed E-state index contributed by atoms with van der Waals surface area (Å²) in [5.41, 5.74) is 19.7. The van der Waals surface area contributed by atoms with Crippen molar-refractivity contribution < 1.29 is 9.47 Å². The number of anilines is 2. The standard InChI is InChI=1S/C76H84N2O2/c1-51-45-61(79-11)47-65(55(51)5)73(7,53(3)25-23-31-69-75(41-19-13-20-42-75)71-63-29-17-15-27-59(63)37-39-67(71)77(69)9)49-57-33-35-58(36-34-57)50-74(8,66-48-62(80-12)46-52(2)56(66)6)54(4)26-24-32-70-76(43-21-14-22-44-76)72-64-30-18-16-28-60(64)38-40-68(72)78(70)10/h15-18,23-40,45-48H,3-4,13-14,19-22,41-44,49-50H2,1-2,5-12H3/b25-23+,26-24+,69-31+,70-32+. The molecule has 410 valence electrons. The maximum absolute atomic E-state index is 5.97. The van der Waals surface area contributed by atoms with Crippen LogP contribution in [-0.4, -0.2) is 28.3 Å². The van der Waals surface area contributed by atoms with Gasteiger partial charge >= 0.3 is 0 Å². The minimum Gasteiger partial charge on any atom is -0.497 e. The van der Waals surface area contributed by atoms with E-state index in [1.54, 1.807) is 14.2 Å². The highest BCUT2D eigenvalue weighted by Gasteiger charge is 2.49. The Balaban J connectivity index is 0.918. The van der Waals surface area contributed by atoms with Crippen LogP contribution >= 0.6 is 0 Å². The second kappa shape index (κ2) is 21.6. The van der Waals surface area contributed by atoms with E-state index >= 15 is 0 Å². The Kier molecular flexibility index (Phi) is 14.8. The normalized spacial score (nSPS) is 19.1. The van der Waals surface area contributed by atoms with Gasteiger partial charge in [-0.05, 0) is 203 Å². The summed E-state index contributed by atoms with van der Waals surface area (Å²) in [5, 5.41) is 5.43. The zero-order valence-electron chi connectivity index (χ0n) is 49.6. The number of rotatable bonds is 14. The molecule has 0 bridgehead atoms. The van der Waals surface area contributed by atoms with Crippen LogP contribution in [0.2, 0.25) is 0 Å². The first-order valence-electron chi connectivity index (χ1n) is 29.6. The summed E-state index contributed by atoms with van der Waals surface area (Å²) < 4.78 is 11.9. The number of methoxy groups -OCH3 is 2. The Morgan fingerprint density at radius 3 is 1.26 bits per heavy atom. The molecule has 2 heterocycles. The van der Waals surface area contributed by atoms with Crippen molar-refractivity contribution in [1.29, 1.82) is 0 Å². The average Bonchev–Trinajstić information content (AvgIpc) is 4.04. The van der Waals surface area contributed by atoms with Crippen LogP contribution in [0.1, 0.15) is 134 Å². The summed E-state index contributed by atoms with van der Waals surface area (Å²) in [6, 6.07) is 45.5. The summed E-state index contributed by atoms with van der Waals surface area (Å²) >= 11 is 0. The number of benzene rings is 7. The first kappa shape index (κ1) is 54.6. The van der Waals surface area contributed by atoms with Crippen molar-refractivity contribution in [3.05, 3.63) is 249 Å². The molecule has 2 unspecified atom stereocenters. The number of likely N-dealkylation sites (N-methyl/N-ethyl adjacent to an activating group) is 2. The quantitative estimate of drug-likeness (QED) is 0.101. The van der Waals surface area contributed by atoms with Crippen molar-refractivity contribution in [3.63, 3.8) is 0 Å². The third-order valence-corrected chi connectivity index (χ3v) is 20.2. The lowest BCUT2D eigenvalue weighted by Crippen LogP contribution is -2.32. The molecule has 4 nitrogen and oxygen atoms in total. The predicted octanol–water partition coefficient (Wildman–Crippen LogP) is 18.9. The fourth-order valence-electron chi connectivity index (χ4n) is 15.4. The Hall–Kier alpha value is -7.30. The van der Waals surface area contributed by atoms with Gasteiger partial charge in [0.15, 0.2) is 0 Å². The number of hydrogen-bond acceptors (Lipinski definition) is 4. The van der Waals surface area contributed by atoms with E-state index < -0.39 is 10.8 Å². The van der Waals surface area contributed by atoms with Crippen molar-refractivity contribution in [1.82, 2.24) is 0 Å². The molecule has 4 heteroatoms. The number of ether oxygens (including phenoxy) is 2. The van der Waals surface area contributed by atoms with Gasteiger partial charge in [0.2, 0.25) is 0 Å². The number of hydrogen-bond donors (Lipinski definition) is 0. The molecule has 2 spiro atoms. The summed E-state index contributed by atoms with van der Waals surface area (Å²) in [5.74, 6) is 1.74. The number of aryl methyl sites for hydroxylation is 2. The second-order valence-corrected chi connectivity index (χ2v) is 24.7. The topological polar surface area (TPSA) is 24.9 Å². The molecule has 11 rings (SSSR count). The van der Waals surface area contributed by atoms with E-state index in [2.05, 4.69) is 223 Å². The average molecular weight is 1060 g/mol. The number of fused-ring (bicyclic) bond motifs is 8. The fraction of sp³-hybridized carbons (Fsp3) is 0.342. The Morgan fingerprint density at radius 1 is 0.512 bits per heavy atom. The van der Waals surface area contributed by atoms with Gasteiger partial charge in [-0.25, -0.2) is 0 Å². The molecule has 80 heavy (non-hydrogen) atoms. The molecular weight excluding hydrogens is 973 g/mol. The number of nitrogens with zero attached hydrogens (tertiary/aromatic N) is 2. The predicted molar refractivity (Wildman–Crippen MR) is 340 cm³/mol. The highest BCUT2D eigenvalue weighted by molar-refractivity contribution is 5.96. The van der Waals surface area contributed by atoms with E-state index in [-0.39, 0.29) is 10.8 Å². The van der Waals surface area contributed by atoms with Gasteiger partial charge < -0.3 is 19.3 Å². The summed E-state index contributed by atoms with van der Waals surface area (Å²) in [4.78, 5) is 4.95. The Labute approximate surface area is 478 Å². The molecule has 7 aromatic carbocycles. The van der Waals surface area contributed by atoms with Gasteiger partial charge in [-0.1, -0.05) is 175 Å². The van der Waals surface area contributed by atoms with E-state index in [1.807, 2.05) is 0 Å². The minimum absolute atomic E-state index is 0.00542. The van der Waals surface area contributed by atoms with Crippen molar-refractivity contribution in [2.24, 2.45) is 0 Å². The lowest BCUT2D eigenvalue weighted by molar-refractivity contribution is 0.348. The van der Waals surface area contributed by atoms with Crippen LogP contribution in [0.4, 0.5) is 11.4 Å². The van der Waals surface area contributed by atoms with Gasteiger partial charge in [0.25, 0.3) is 0 Å². The first-order chi connectivity index (χ1) is 38.6. The van der Waals surface area contributed by atoms with Crippen molar-refractivity contribution in [3.8, 4) is 11.5 Å². The van der Waals surface area contributed by atoms with Gasteiger partial charge in [-0.2, -0.15) is 0 Å². The van der Waals surface area contributed by atoms with Crippen LogP contribution in [0, 0.1) is 27.7 Å². The number of allylic oxidation sites excluding steroid dienone is 10. The largest absolute Gasteiger partial charge is 0.497 e. The SMILES string of the molecule is C=C(/C=C/C=C1/N(C)c2ccc3ccccc3c2C12CCCCC2)C(C)(Cc1ccc(CC(C)(C(=C)/C=C/C=C2/N(C)c3ccc4ccccc4c3C23CCCCC3)c2cc(OC)cc(C)c2C)cc1)c1cc(OC)cc(C)c1C. The van der Waals surface area contributed by atoms with Gasteiger partial charge in [0, 0.05) is 58.5 Å². The van der Waals surface area contributed by atoms with Crippen LogP contribution in [-0.2, 0) is 34.5 Å². The third kappa shape index (κ3) is 9.25. The second-order valence-electron chi connectivity index (χ2n) is 24.7. The zero-order chi connectivity index (χ0) is 56.1. The highest BCUT2D eigenvalue weighted by atomic mass is 16.5. The molecule has 2 aliphatic heterocycles. The summed E-state index contributed by atoms with van der Waals surface area (Å²) in [6.07, 6.45) is 27.8. The maximum atomic E-state index is 5.97. The highest BCUT2D eigenvalue weighted by Crippen LogP contribution is 2.59. The molecule has 0 amide bonds. The Bertz CT molecular complexity index is 3440. The lowest BCUT2D eigenvalue weighted by Gasteiger charge is -2.37. The van der Waals surface area contributed by atoms with Crippen molar-refractivity contribution in [2.45, 2.75) is 140 Å². The Morgan fingerprint density at radius 2 is 0.887 bits per heavy atom. The molecule has 2 fully saturated rings. The van der Waals surface area contributed by atoms with E-state index in [9.17, 15) is 0 Å². The molecule has 7 aromatic rings. The molecule has 0 N–H and O–H groups in total. The van der Waals surface area contributed by atoms with Crippen LogP contribution in [0.15, 0.2) is 193 Å². The van der Waals surface area contributed by atoms with E-state index in [4.69, 9.17) is 22.6 Å². The van der Waals surface area contributed by atoms with Crippen molar-refractivity contribution >= 4 is 32.9 Å². The van der Waals surface area contributed by atoms with Crippen LogP contribution < -0.4 is 19.3 Å². The third-order valence-electron chi connectivity index (χ3n) is 20.2. The molecular formula is C76H84N2O2. The molecule has 2 aliphatic carbocycles. The smallest absolute Gasteiger partial charge is 0.119 e. The summed E-state index contributed by atoms with van der Waals surface area (Å²) in [6.45, 7) is 23.6. The van der Waals surface area contributed by atoms with Crippen LogP contribution in [0.3, 0.4) is 0 Å². The summed E-state index contributed by atoms with van der Waals surface area (Å²) in [7, 11) is 8.10. The fourth-order valence-corrected chi connectivity index (χ4v) is 15.4. The van der Waals surface area contributed by atoms with Gasteiger partial charge in [0.1, 0.15) is 11.5 Å². The van der Waals surface area contributed by atoms with Gasteiger partial charge in [0.05, 0.1) is 14.2 Å². The van der Waals surface area contributed by atoms with E-state index in [0.29, 0.717) is 0 Å². The lowest BCUT2D eigenvalue weighted by atomic mass is 9.67. The monoisotopic (exact) mass is 1060 g/mol.